The summed E-state index contributed by atoms with van der Waals surface area (Å²) in [6, 6.07) is 0. The van der Waals surface area contributed by atoms with E-state index in [-0.39, 0.29) is 0 Å². The second kappa shape index (κ2) is 5.78. The van der Waals surface area contributed by atoms with Gasteiger partial charge in [-0.2, -0.15) is 0 Å². The van der Waals surface area contributed by atoms with Crippen molar-refractivity contribution in [3.8, 4) is 0 Å². The van der Waals surface area contributed by atoms with Gasteiger partial charge in [0.25, 0.3) is 0 Å². The highest BCUT2D eigenvalue weighted by atomic mass is 79.9. The Morgan fingerprint density at radius 2 is 2.15 bits per heavy atom. The highest BCUT2D eigenvalue weighted by molar-refractivity contribution is 9.11. The Morgan fingerprint density at radius 3 is 2.77 bits per heavy atom. The van der Waals surface area contributed by atoms with Gasteiger partial charge in [-0.15, -0.1) is 0 Å². The Hall–Kier alpha value is 0.140. The molecule has 0 amide bonds. The molecule has 2 N–H and O–H groups in total. The average Bonchev–Trinajstić information content (AvgIpc) is 2.51. The van der Waals surface area contributed by atoms with Gasteiger partial charge in [0.2, 0.25) is 0 Å². The fraction of sp³-hybridized carbons (Fsp3) is 0.800. The van der Waals surface area contributed by atoms with Crippen LogP contribution < -0.4 is 5.73 Å². The average molecular weight is 248 g/mol. The maximum atomic E-state index is 5.67. The molecule has 0 aromatic heterocycles. The van der Waals surface area contributed by atoms with E-state index < -0.39 is 0 Å². The number of halogens is 1. The van der Waals surface area contributed by atoms with E-state index in [0.717, 1.165) is 17.6 Å². The number of ether oxygens (including phenoxy) is 1. The molecule has 0 bridgehead atoms. The van der Waals surface area contributed by atoms with Gasteiger partial charge >= 0.3 is 0 Å². The lowest BCUT2D eigenvalue weighted by Gasteiger charge is -2.17. The molecular formula is C10H18BrNO. The van der Waals surface area contributed by atoms with E-state index in [0.29, 0.717) is 18.4 Å². The molecule has 2 atom stereocenters. The molecule has 0 spiro atoms. The van der Waals surface area contributed by atoms with Gasteiger partial charge in [0.15, 0.2) is 0 Å². The predicted octanol–water partition coefficient (Wildman–Crippen LogP) is 2.29. The van der Waals surface area contributed by atoms with Crippen LogP contribution >= 0.6 is 15.9 Å². The normalized spacial score (nSPS) is 27.8. The number of nitrogens with two attached hydrogens (primary N) is 1. The molecule has 2 unspecified atom stereocenters. The van der Waals surface area contributed by atoms with Crippen molar-refractivity contribution >= 4 is 15.9 Å². The first-order valence-electron chi connectivity index (χ1n) is 4.85. The molecule has 0 aromatic carbocycles. The van der Waals surface area contributed by atoms with Crippen LogP contribution in [0, 0.1) is 11.8 Å². The second-order valence-electron chi connectivity index (χ2n) is 3.72. The fourth-order valence-corrected chi connectivity index (χ4v) is 2.13. The van der Waals surface area contributed by atoms with E-state index in [9.17, 15) is 0 Å². The van der Waals surface area contributed by atoms with Gasteiger partial charge in [-0.25, -0.2) is 0 Å². The Balaban J connectivity index is 2.16. The molecule has 0 saturated heterocycles. The van der Waals surface area contributed by atoms with Crippen LogP contribution in [0.4, 0.5) is 0 Å². The monoisotopic (exact) mass is 247 g/mol. The third-order valence-electron chi connectivity index (χ3n) is 2.71. The molecule has 1 fully saturated rings. The predicted molar refractivity (Wildman–Crippen MR) is 58.8 cm³/mol. The lowest BCUT2D eigenvalue weighted by molar-refractivity contribution is 0.107. The zero-order chi connectivity index (χ0) is 9.68. The number of rotatable bonds is 5. The molecule has 76 valence electrons. The largest absolute Gasteiger partial charge is 0.376 e. The van der Waals surface area contributed by atoms with Gasteiger partial charge < -0.3 is 10.5 Å². The SMILES string of the molecule is C=C(Br)COCC1CCCC1CN. The molecule has 3 heteroatoms. The Bertz CT molecular complexity index is 172. The molecule has 0 aromatic rings. The summed E-state index contributed by atoms with van der Waals surface area (Å²) in [6.45, 7) is 5.99. The first-order valence-corrected chi connectivity index (χ1v) is 5.64. The van der Waals surface area contributed by atoms with Crippen molar-refractivity contribution < 1.29 is 4.74 Å². The van der Waals surface area contributed by atoms with Gasteiger partial charge in [-0.3, -0.25) is 0 Å². The smallest absolute Gasteiger partial charge is 0.0775 e. The van der Waals surface area contributed by atoms with Crippen molar-refractivity contribution in [2.24, 2.45) is 17.6 Å². The molecule has 0 heterocycles. The third-order valence-corrected chi connectivity index (χ3v) is 2.94. The molecule has 1 rings (SSSR count). The third kappa shape index (κ3) is 3.79. The molecule has 1 saturated carbocycles. The van der Waals surface area contributed by atoms with Crippen molar-refractivity contribution in [1.29, 1.82) is 0 Å². The van der Waals surface area contributed by atoms with E-state index in [2.05, 4.69) is 22.5 Å². The van der Waals surface area contributed by atoms with Crippen molar-refractivity contribution in [3.05, 3.63) is 11.1 Å². The van der Waals surface area contributed by atoms with Crippen LogP contribution in [0.5, 0.6) is 0 Å². The summed E-state index contributed by atoms with van der Waals surface area (Å²) in [4.78, 5) is 0. The minimum Gasteiger partial charge on any atom is -0.376 e. The molecule has 13 heavy (non-hydrogen) atoms. The fourth-order valence-electron chi connectivity index (χ4n) is 1.96. The quantitative estimate of drug-likeness (QED) is 0.810. The minimum absolute atomic E-state index is 0.619. The van der Waals surface area contributed by atoms with Gasteiger partial charge in [0.05, 0.1) is 13.2 Å². The first-order chi connectivity index (χ1) is 6.24. The first kappa shape index (κ1) is 11.2. The summed E-state index contributed by atoms with van der Waals surface area (Å²) in [5, 5.41) is 0. The van der Waals surface area contributed by atoms with Crippen molar-refractivity contribution in [3.63, 3.8) is 0 Å². The van der Waals surface area contributed by atoms with Crippen LogP contribution in [0.1, 0.15) is 19.3 Å². The zero-order valence-electron chi connectivity index (χ0n) is 7.97. The Morgan fingerprint density at radius 1 is 1.46 bits per heavy atom. The van der Waals surface area contributed by atoms with Crippen LogP contribution in [-0.4, -0.2) is 19.8 Å². The number of hydrogen-bond acceptors (Lipinski definition) is 2. The van der Waals surface area contributed by atoms with E-state index in [1.54, 1.807) is 0 Å². The molecule has 0 aliphatic heterocycles. The standard InChI is InChI=1S/C10H18BrNO/c1-8(11)6-13-7-10-4-2-3-9(10)5-12/h9-10H,1-7,12H2. The van der Waals surface area contributed by atoms with E-state index >= 15 is 0 Å². The van der Waals surface area contributed by atoms with Crippen LogP contribution in [0.25, 0.3) is 0 Å². The van der Waals surface area contributed by atoms with Crippen molar-refractivity contribution in [1.82, 2.24) is 0 Å². The van der Waals surface area contributed by atoms with Gasteiger partial charge in [-0.05, 0) is 31.2 Å². The topological polar surface area (TPSA) is 35.2 Å². The van der Waals surface area contributed by atoms with Crippen molar-refractivity contribution in [2.75, 3.05) is 19.8 Å². The summed E-state index contributed by atoms with van der Waals surface area (Å²) < 4.78 is 6.42. The Labute approximate surface area is 88.6 Å². The maximum absolute atomic E-state index is 5.67. The Kier molecular flexibility index (Phi) is 4.99. The van der Waals surface area contributed by atoms with Gasteiger partial charge in [-0.1, -0.05) is 28.9 Å². The molecule has 1 aliphatic rings. The number of hydrogen-bond donors (Lipinski definition) is 1. The minimum atomic E-state index is 0.619. The van der Waals surface area contributed by atoms with E-state index in [1.807, 2.05) is 0 Å². The van der Waals surface area contributed by atoms with Gasteiger partial charge in [0, 0.05) is 4.48 Å². The maximum Gasteiger partial charge on any atom is 0.0775 e. The highest BCUT2D eigenvalue weighted by Gasteiger charge is 2.25. The summed E-state index contributed by atoms with van der Waals surface area (Å²) in [6.07, 6.45) is 3.86. The summed E-state index contributed by atoms with van der Waals surface area (Å²) in [7, 11) is 0. The summed E-state index contributed by atoms with van der Waals surface area (Å²) in [5.41, 5.74) is 5.67. The van der Waals surface area contributed by atoms with Crippen LogP contribution in [0.15, 0.2) is 11.1 Å². The highest BCUT2D eigenvalue weighted by Crippen LogP contribution is 2.31. The van der Waals surface area contributed by atoms with E-state index in [1.165, 1.54) is 19.3 Å². The van der Waals surface area contributed by atoms with Crippen molar-refractivity contribution in [2.45, 2.75) is 19.3 Å². The molecule has 1 aliphatic carbocycles. The van der Waals surface area contributed by atoms with Crippen LogP contribution in [0.3, 0.4) is 0 Å². The molecule has 0 radical (unpaired) electrons. The summed E-state index contributed by atoms with van der Waals surface area (Å²) >= 11 is 3.27. The lowest BCUT2D eigenvalue weighted by atomic mass is 9.97. The van der Waals surface area contributed by atoms with Crippen LogP contribution in [-0.2, 0) is 4.74 Å². The second-order valence-corrected chi connectivity index (χ2v) is 4.84. The van der Waals surface area contributed by atoms with E-state index in [4.69, 9.17) is 10.5 Å². The molecular weight excluding hydrogens is 230 g/mol. The summed E-state index contributed by atoms with van der Waals surface area (Å²) in [5.74, 6) is 1.36. The van der Waals surface area contributed by atoms with Crippen LogP contribution in [0.2, 0.25) is 0 Å². The lowest BCUT2D eigenvalue weighted by Crippen LogP contribution is -2.22. The molecule has 2 nitrogen and oxygen atoms in total. The zero-order valence-corrected chi connectivity index (χ0v) is 9.55. The van der Waals surface area contributed by atoms with Gasteiger partial charge in [0.1, 0.15) is 0 Å².